The molecule has 1 atom stereocenters. The van der Waals surface area contributed by atoms with Gasteiger partial charge >= 0.3 is 5.97 Å². The molecule has 1 unspecified atom stereocenters. The van der Waals surface area contributed by atoms with Gasteiger partial charge in [-0.15, -0.1) is 0 Å². The summed E-state index contributed by atoms with van der Waals surface area (Å²) in [5.41, 5.74) is 4.38. The van der Waals surface area contributed by atoms with Gasteiger partial charge in [0.15, 0.2) is 0 Å². The Bertz CT molecular complexity index is 1110. The number of aromatic carboxylic acids is 1. The maximum Gasteiger partial charge on any atom is 0.335 e. The van der Waals surface area contributed by atoms with Gasteiger partial charge in [0.25, 0.3) is 11.8 Å². The van der Waals surface area contributed by atoms with Gasteiger partial charge in [-0.1, -0.05) is 55.8 Å². The van der Waals surface area contributed by atoms with E-state index in [2.05, 4.69) is 10.4 Å². The smallest absolute Gasteiger partial charge is 0.335 e. The van der Waals surface area contributed by atoms with Crippen molar-refractivity contribution in [2.45, 2.75) is 38.8 Å². The van der Waals surface area contributed by atoms with Crippen molar-refractivity contribution in [3.8, 4) is 0 Å². The Balaban J connectivity index is 1.83. The molecule has 0 fully saturated rings. The molecule has 9 heteroatoms. The lowest BCUT2D eigenvalue weighted by Gasteiger charge is -2.17. The highest BCUT2D eigenvalue weighted by atomic mass is 16.5. The Hall–Kier alpha value is -3.98. The van der Waals surface area contributed by atoms with Crippen LogP contribution in [-0.4, -0.2) is 43.9 Å². The average molecular weight is 450 g/mol. The highest BCUT2D eigenvalue weighted by Gasteiger charge is 2.24. The molecule has 3 aromatic rings. The van der Waals surface area contributed by atoms with Crippen LogP contribution in [0.25, 0.3) is 0 Å². The van der Waals surface area contributed by atoms with E-state index >= 15 is 0 Å². The molecule has 3 rings (SSSR count). The van der Waals surface area contributed by atoms with E-state index in [1.165, 1.54) is 16.8 Å². The molecule has 1 aromatic heterocycles. The van der Waals surface area contributed by atoms with Crippen molar-refractivity contribution < 1.29 is 24.7 Å². The van der Waals surface area contributed by atoms with Crippen molar-refractivity contribution >= 4 is 17.8 Å². The van der Waals surface area contributed by atoms with Gasteiger partial charge in [0, 0.05) is 6.42 Å². The van der Waals surface area contributed by atoms with Crippen molar-refractivity contribution in [2.24, 2.45) is 0 Å². The maximum atomic E-state index is 13.1. The number of aryl methyl sites for hydroxylation is 1. The first-order valence-electron chi connectivity index (χ1n) is 10.6. The lowest BCUT2D eigenvalue weighted by Crippen LogP contribution is -2.47. The van der Waals surface area contributed by atoms with E-state index in [-0.39, 0.29) is 24.2 Å². The zero-order chi connectivity index (χ0) is 23.8. The molecule has 0 bridgehead atoms. The number of hydroxylamine groups is 1. The minimum atomic E-state index is -1.02. The standard InChI is InChI=1S/C24H26N4O5/c1-2-6-19-14-21(28(26-19)15-17-9-11-18(12-10-17)24(31)32)23(30)25-20(22(29)27-33)13-16-7-4-3-5-8-16/h3-5,7-12,14,20,33H,2,6,13,15H2,1H3,(H,25,30)(H,27,29)(H,31,32). The third-order valence-electron chi connectivity index (χ3n) is 5.12. The largest absolute Gasteiger partial charge is 0.478 e. The van der Waals surface area contributed by atoms with Gasteiger partial charge in [0.2, 0.25) is 0 Å². The molecule has 0 saturated heterocycles. The topological polar surface area (TPSA) is 134 Å². The predicted molar refractivity (Wildman–Crippen MR) is 120 cm³/mol. The minimum absolute atomic E-state index is 0.169. The van der Waals surface area contributed by atoms with E-state index in [0.717, 1.165) is 23.2 Å². The lowest BCUT2D eigenvalue weighted by molar-refractivity contribution is -0.131. The summed E-state index contributed by atoms with van der Waals surface area (Å²) in [6.07, 6.45) is 1.72. The summed E-state index contributed by atoms with van der Waals surface area (Å²) in [6, 6.07) is 16.2. The summed E-state index contributed by atoms with van der Waals surface area (Å²) >= 11 is 0. The Morgan fingerprint density at radius 1 is 1.03 bits per heavy atom. The van der Waals surface area contributed by atoms with E-state index in [1.807, 2.05) is 37.3 Å². The molecule has 0 saturated carbocycles. The first-order valence-corrected chi connectivity index (χ1v) is 10.6. The summed E-state index contributed by atoms with van der Waals surface area (Å²) in [5, 5.41) is 25.4. The van der Waals surface area contributed by atoms with Crippen molar-refractivity contribution in [3.63, 3.8) is 0 Å². The summed E-state index contributed by atoms with van der Waals surface area (Å²) in [5.74, 6) is -2.24. The number of nitrogens with one attached hydrogen (secondary N) is 2. The number of carbonyl (C=O) groups excluding carboxylic acids is 2. The Morgan fingerprint density at radius 3 is 2.33 bits per heavy atom. The molecule has 4 N–H and O–H groups in total. The summed E-state index contributed by atoms with van der Waals surface area (Å²) in [4.78, 5) is 36.4. The van der Waals surface area contributed by atoms with Crippen molar-refractivity contribution in [3.05, 3.63) is 88.7 Å². The van der Waals surface area contributed by atoms with E-state index in [4.69, 9.17) is 10.3 Å². The number of hydrogen-bond acceptors (Lipinski definition) is 5. The number of carboxylic acid groups (broad SMARTS) is 1. The van der Waals surface area contributed by atoms with E-state index < -0.39 is 23.8 Å². The van der Waals surface area contributed by atoms with Crippen molar-refractivity contribution in [2.75, 3.05) is 0 Å². The number of carboxylic acids is 1. The van der Waals surface area contributed by atoms with E-state index in [0.29, 0.717) is 6.42 Å². The number of benzene rings is 2. The molecule has 0 aliphatic rings. The Morgan fingerprint density at radius 2 is 1.73 bits per heavy atom. The normalized spacial score (nSPS) is 11.6. The molecular weight excluding hydrogens is 424 g/mol. The highest BCUT2D eigenvalue weighted by molar-refractivity contribution is 5.96. The number of amides is 2. The van der Waals surface area contributed by atoms with Gasteiger partial charge in [-0.25, -0.2) is 10.3 Å². The number of nitrogens with zero attached hydrogens (tertiary/aromatic N) is 2. The van der Waals surface area contributed by atoms with Gasteiger partial charge in [-0.05, 0) is 35.7 Å². The Labute approximate surface area is 191 Å². The van der Waals surface area contributed by atoms with Gasteiger partial charge in [0.1, 0.15) is 11.7 Å². The number of rotatable bonds is 10. The molecule has 33 heavy (non-hydrogen) atoms. The summed E-state index contributed by atoms with van der Waals surface area (Å²) in [6.45, 7) is 2.26. The second-order valence-corrected chi connectivity index (χ2v) is 7.62. The molecule has 0 aliphatic carbocycles. The lowest BCUT2D eigenvalue weighted by atomic mass is 10.1. The van der Waals surface area contributed by atoms with Crippen LogP contribution in [0.2, 0.25) is 0 Å². The van der Waals surface area contributed by atoms with Crippen LogP contribution < -0.4 is 10.8 Å². The van der Waals surface area contributed by atoms with E-state index in [1.54, 1.807) is 23.7 Å². The monoisotopic (exact) mass is 450 g/mol. The molecule has 2 aromatic carbocycles. The van der Waals surface area contributed by atoms with Crippen LogP contribution in [0.4, 0.5) is 0 Å². The first kappa shape index (κ1) is 23.7. The quantitative estimate of drug-likeness (QED) is 0.277. The van der Waals surface area contributed by atoms with Crippen LogP contribution in [0.3, 0.4) is 0 Å². The molecular formula is C24H26N4O5. The fourth-order valence-corrected chi connectivity index (χ4v) is 3.45. The first-order chi connectivity index (χ1) is 15.9. The molecule has 1 heterocycles. The fourth-order valence-electron chi connectivity index (χ4n) is 3.45. The van der Waals surface area contributed by atoms with Gasteiger partial charge in [0.05, 0.1) is 17.8 Å². The minimum Gasteiger partial charge on any atom is -0.478 e. The van der Waals surface area contributed by atoms with Crippen LogP contribution in [0.15, 0.2) is 60.7 Å². The van der Waals surface area contributed by atoms with Crippen LogP contribution in [-0.2, 0) is 24.2 Å². The molecule has 172 valence electrons. The highest BCUT2D eigenvalue weighted by Crippen LogP contribution is 2.13. The molecule has 0 radical (unpaired) electrons. The molecule has 9 nitrogen and oxygen atoms in total. The van der Waals surface area contributed by atoms with E-state index in [9.17, 15) is 14.4 Å². The number of hydrogen-bond donors (Lipinski definition) is 4. The van der Waals surface area contributed by atoms with Crippen molar-refractivity contribution in [1.29, 1.82) is 0 Å². The fraction of sp³-hybridized carbons (Fsp3) is 0.250. The second kappa shape index (κ2) is 11.1. The van der Waals surface area contributed by atoms with Crippen LogP contribution >= 0.6 is 0 Å². The number of carbonyl (C=O) groups is 3. The maximum absolute atomic E-state index is 13.1. The van der Waals surface area contributed by atoms with Crippen LogP contribution in [0, 0.1) is 0 Å². The van der Waals surface area contributed by atoms with Gasteiger partial charge in [-0.3, -0.25) is 19.5 Å². The van der Waals surface area contributed by atoms with Crippen molar-refractivity contribution in [1.82, 2.24) is 20.6 Å². The van der Waals surface area contributed by atoms with Gasteiger partial charge in [-0.2, -0.15) is 5.10 Å². The zero-order valence-electron chi connectivity index (χ0n) is 18.2. The SMILES string of the molecule is CCCc1cc(C(=O)NC(Cc2ccccc2)C(=O)NO)n(Cc2ccc(C(=O)O)cc2)n1. The van der Waals surface area contributed by atoms with Crippen LogP contribution in [0.5, 0.6) is 0 Å². The van der Waals surface area contributed by atoms with Gasteiger partial charge < -0.3 is 10.4 Å². The summed E-state index contributed by atoms with van der Waals surface area (Å²) < 4.78 is 1.53. The number of aromatic nitrogens is 2. The third kappa shape index (κ3) is 6.27. The average Bonchev–Trinajstić information content (AvgIpc) is 3.21. The summed E-state index contributed by atoms with van der Waals surface area (Å²) in [7, 11) is 0. The predicted octanol–water partition coefficient (Wildman–Crippen LogP) is 2.43. The third-order valence-corrected chi connectivity index (χ3v) is 5.12. The molecule has 0 spiro atoms. The molecule has 0 aliphatic heterocycles. The Kier molecular flexibility index (Phi) is 7.93. The van der Waals surface area contributed by atoms with Crippen LogP contribution in [0.1, 0.15) is 51.0 Å². The zero-order valence-corrected chi connectivity index (χ0v) is 18.2. The second-order valence-electron chi connectivity index (χ2n) is 7.62. The molecule has 2 amide bonds.